The largest absolute Gasteiger partial charge is 0.378 e. The SMILES string of the molecule is CC(SC1CCCCC1)C(=O)Nc1ccc(N(C)C)cc1. The molecule has 2 rings (SSSR count). The molecule has 1 aromatic carbocycles. The van der Waals surface area contributed by atoms with Crippen LogP contribution in [0.1, 0.15) is 39.0 Å². The number of nitrogens with zero attached hydrogens (tertiary/aromatic N) is 1. The molecule has 0 spiro atoms. The van der Waals surface area contributed by atoms with Crippen LogP contribution in [0.25, 0.3) is 0 Å². The zero-order valence-electron chi connectivity index (χ0n) is 13.3. The van der Waals surface area contributed by atoms with Crippen molar-refractivity contribution in [2.45, 2.75) is 49.5 Å². The average Bonchev–Trinajstić information content (AvgIpc) is 2.48. The van der Waals surface area contributed by atoms with Crippen molar-refractivity contribution in [3.63, 3.8) is 0 Å². The van der Waals surface area contributed by atoms with Crippen LogP contribution in [0.2, 0.25) is 0 Å². The van der Waals surface area contributed by atoms with Gasteiger partial charge in [0.1, 0.15) is 0 Å². The van der Waals surface area contributed by atoms with E-state index in [1.165, 1.54) is 32.1 Å². The minimum Gasteiger partial charge on any atom is -0.378 e. The average molecular weight is 306 g/mol. The monoisotopic (exact) mass is 306 g/mol. The van der Waals surface area contributed by atoms with Gasteiger partial charge in [0.05, 0.1) is 5.25 Å². The van der Waals surface area contributed by atoms with E-state index in [9.17, 15) is 4.79 Å². The first kappa shape index (κ1) is 16.2. The first-order valence-corrected chi connectivity index (χ1v) is 8.74. The third-order valence-electron chi connectivity index (χ3n) is 3.97. The van der Waals surface area contributed by atoms with Crippen molar-refractivity contribution in [1.82, 2.24) is 0 Å². The van der Waals surface area contributed by atoms with Gasteiger partial charge in [-0.3, -0.25) is 4.79 Å². The molecule has 0 saturated heterocycles. The lowest BCUT2D eigenvalue weighted by Crippen LogP contribution is -2.25. The Balaban J connectivity index is 1.84. The lowest BCUT2D eigenvalue weighted by molar-refractivity contribution is -0.115. The van der Waals surface area contributed by atoms with Gasteiger partial charge in [-0.2, -0.15) is 0 Å². The molecule has 1 aliphatic carbocycles. The normalized spacial score (nSPS) is 17.3. The van der Waals surface area contributed by atoms with Gasteiger partial charge in [-0.05, 0) is 44.0 Å². The van der Waals surface area contributed by atoms with Gasteiger partial charge in [0.2, 0.25) is 5.91 Å². The number of amides is 1. The van der Waals surface area contributed by atoms with Crippen LogP contribution >= 0.6 is 11.8 Å². The van der Waals surface area contributed by atoms with E-state index in [0.717, 1.165) is 11.4 Å². The highest BCUT2D eigenvalue weighted by atomic mass is 32.2. The van der Waals surface area contributed by atoms with Crippen molar-refractivity contribution in [1.29, 1.82) is 0 Å². The standard InChI is InChI=1S/C17H26N2OS/c1-13(21-16-7-5-4-6-8-16)17(20)18-14-9-11-15(12-10-14)19(2)3/h9-13,16H,4-8H2,1-3H3,(H,18,20). The smallest absolute Gasteiger partial charge is 0.237 e. The molecule has 0 radical (unpaired) electrons. The van der Waals surface area contributed by atoms with E-state index >= 15 is 0 Å². The zero-order chi connectivity index (χ0) is 15.2. The quantitative estimate of drug-likeness (QED) is 0.887. The Morgan fingerprint density at radius 2 is 1.81 bits per heavy atom. The predicted molar refractivity (Wildman–Crippen MR) is 93.3 cm³/mol. The van der Waals surface area contributed by atoms with E-state index < -0.39 is 0 Å². The maximum absolute atomic E-state index is 12.3. The second-order valence-corrected chi connectivity index (χ2v) is 7.61. The van der Waals surface area contributed by atoms with Crippen LogP contribution in [0.3, 0.4) is 0 Å². The molecule has 1 amide bonds. The second kappa shape index (κ2) is 7.74. The fourth-order valence-corrected chi connectivity index (χ4v) is 4.00. The van der Waals surface area contributed by atoms with Crippen LogP contribution in [0.5, 0.6) is 0 Å². The van der Waals surface area contributed by atoms with E-state index in [2.05, 4.69) is 5.32 Å². The molecule has 1 saturated carbocycles. The van der Waals surface area contributed by atoms with Crippen LogP contribution in [-0.2, 0) is 4.79 Å². The van der Waals surface area contributed by atoms with Gasteiger partial charge < -0.3 is 10.2 Å². The van der Waals surface area contributed by atoms with E-state index in [4.69, 9.17) is 0 Å². The van der Waals surface area contributed by atoms with Crippen molar-refractivity contribution in [2.75, 3.05) is 24.3 Å². The van der Waals surface area contributed by atoms with Gasteiger partial charge in [0, 0.05) is 30.7 Å². The van der Waals surface area contributed by atoms with Crippen molar-refractivity contribution >= 4 is 29.0 Å². The summed E-state index contributed by atoms with van der Waals surface area (Å²) in [6, 6.07) is 7.97. The van der Waals surface area contributed by atoms with E-state index in [1.807, 2.05) is 61.9 Å². The molecule has 0 aromatic heterocycles. The highest BCUT2D eigenvalue weighted by Crippen LogP contribution is 2.31. The molecule has 1 aromatic rings. The predicted octanol–water partition coefficient (Wildman–Crippen LogP) is 4.15. The summed E-state index contributed by atoms with van der Waals surface area (Å²) in [6.07, 6.45) is 6.52. The lowest BCUT2D eigenvalue weighted by Gasteiger charge is -2.24. The highest BCUT2D eigenvalue weighted by Gasteiger charge is 2.21. The van der Waals surface area contributed by atoms with E-state index in [1.54, 1.807) is 0 Å². The maximum Gasteiger partial charge on any atom is 0.237 e. The highest BCUT2D eigenvalue weighted by molar-refractivity contribution is 8.01. The molecule has 116 valence electrons. The Hall–Kier alpha value is -1.16. The summed E-state index contributed by atoms with van der Waals surface area (Å²) >= 11 is 1.84. The number of hydrogen-bond acceptors (Lipinski definition) is 3. The number of carbonyl (C=O) groups excluding carboxylic acids is 1. The Morgan fingerprint density at radius 3 is 2.38 bits per heavy atom. The molecule has 1 fully saturated rings. The Labute approximate surface area is 132 Å². The number of anilines is 2. The fraction of sp³-hybridized carbons (Fsp3) is 0.588. The van der Waals surface area contributed by atoms with Gasteiger partial charge in [-0.1, -0.05) is 19.3 Å². The number of nitrogens with one attached hydrogen (secondary N) is 1. The molecular weight excluding hydrogens is 280 g/mol. The van der Waals surface area contributed by atoms with E-state index in [0.29, 0.717) is 5.25 Å². The van der Waals surface area contributed by atoms with Crippen LogP contribution in [0.4, 0.5) is 11.4 Å². The minimum atomic E-state index is 0.0154. The summed E-state index contributed by atoms with van der Waals surface area (Å²) in [4.78, 5) is 14.3. The number of thioether (sulfide) groups is 1. The van der Waals surface area contributed by atoms with Crippen LogP contribution in [0.15, 0.2) is 24.3 Å². The third-order valence-corrected chi connectivity index (χ3v) is 5.45. The first-order valence-electron chi connectivity index (χ1n) is 7.80. The van der Waals surface area contributed by atoms with Crippen LogP contribution < -0.4 is 10.2 Å². The third kappa shape index (κ3) is 4.95. The molecule has 0 aliphatic heterocycles. The minimum absolute atomic E-state index is 0.0154. The maximum atomic E-state index is 12.3. The summed E-state index contributed by atoms with van der Waals surface area (Å²) in [7, 11) is 4.02. The molecule has 3 nitrogen and oxygen atoms in total. The van der Waals surface area contributed by atoms with Crippen molar-refractivity contribution in [2.24, 2.45) is 0 Å². The summed E-state index contributed by atoms with van der Waals surface area (Å²) in [5, 5.41) is 3.70. The Morgan fingerprint density at radius 1 is 1.19 bits per heavy atom. The summed E-state index contributed by atoms with van der Waals surface area (Å²) in [5.41, 5.74) is 2.01. The van der Waals surface area contributed by atoms with Gasteiger partial charge >= 0.3 is 0 Å². The van der Waals surface area contributed by atoms with Crippen molar-refractivity contribution < 1.29 is 4.79 Å². The molecule has 0 bridgehead atoms. The number of carbonyl (C=O) groups is 1. The molecule has 4 heteroatoms. The fourth-order valence-electron chi connectivity index (χ4n) is 2.64. The lowest BCUT2D eigenvalue weighted by atomic mass is 10.0. The summed E-state index contributed by atoms with van der Waals surface area (Å²) in [5.74, 6) is 0.114. The molecule has 0 heterocycles. The topological polar surface area (TPSA) is 32.3 Å². The Kier molecular flexibility index (Phi) is 5.97. The molecule has 1 atom stereocenters. The van der Waals surface area contributed by atoms with Gasteiger partial charge in [0.25, 0.3) is 0 Å². The van der Waals surface area contributed by atoms with Gasteiger partial charge in [-0.25, -0.2) is 0 Å². The number of rotatable bonds is 5. The molecule has 1 N–H and O–H groups in total. The zero-order valence-corrected chi connectivity index (χ0v) is 14.1. The molecule has 1 unspecified atom stereocenters. The first-order chi connectivity index (χ1) is 10.1. The molecule has 21 heavy (non-hydrogen) atoms. The van der Waals surface area contributed by atoms with Crippen molar-refractivity contribution in [3.05, 3.63) is 24.3 Å². The van der Waals surface area contributed by atoms with Crippen LogP contribution in [0, 0.1) is 0 Å². The van der Waals surface area contributed by atoms with Crippen LogP contribution in [-0.4, -0.2) is 30.5 Å². The van der Waals surface area contributed by atoms with Gasteiger partial charge in [0.15, 0.2) is 0 Å². The van der Waals surface area contributed by atoms with E-state index in [-0.39, 0.29) is 11.2 Å². The number of benzene rings is 1. The molecule has 1 aliphatic rings. The molecular formula is C17H26N2OS. The Bertz CT molecular complexity index is 452. The number of hydrogen-bond donors (Lipinski definition) is 1. The van der Waals surface area contributed by atoms with Gasteiger partial charge in [-0.15, -0.1) is 11.8 Å². The second-order valence-electron chi connectivity index (χ2n) is 5.97. The summed E-state index contributed by atoms with van der Waals surface area (Å²) < 4.78 is 0. The summed E-state index contributed by atoms with van der Waals surface area (Å²) in [6.45, 7) is 2.02. The van der Waals surface area contributed by atoms with Crippen molar-refractivity contribution in [3.8, 4) is 0 Å².